The normalized spacial score (nSPS) is 10.3. The lowest BCUT2D eigenvalue weighted by atomic mass is 10.1. The lowest BCUT2D eigenvalue weighted by molar-refractivity contribution is 0.414. The number of anilines is 1. The molecule has 4 nitrogen and oxygen atoms in total. The van der Waals surface area contributed by atoms with Crippen molar-refractivity contribution in [3.63, 3.8) is 0 Å². The van der Waals surface area contributed by atoms with Crippen molar-refractivity contribution in [1.29, 1.82) is 0 Å². The highest BCUT2D eigenvalue weighted by molar-refractivity contribution is 5.57. The molecule has 0 saturated carbocycles. The molecule has 1 aromatic heterocycles. The van der Waals surface area contributed by atoms with E-state index in [9.17, 15) is 0 Å². The molecule has 2 N–H and O–H groups in total. The first-order valence-corrected chi connectivity index (χ1v) is 6.22. The Morgan fingerprint density at radius 2 is 2.11 bits per heavy atom. The Morgan fingerprint density at radius 3 is 2.74 bits per heavy atom. The van der Waals surface area contributed by atoms with E-state index < -0.39 is 0 Å². The topological polar surface area (TPSA) is 51.4 Å². The minimum absolute atomic E-state index is 0.506. The van der Waals surface area contributed by atoms with E-state index in [-0.39, 0.29) is 0 Å². The van der Waals surface area contributed by atoms with Crippen LogP contribution in [0.1, 0.15) is 11.3 Å². The Kier molecular flexibility index (Phi) is 4.36. The second-order valence-electron chi connectivity index (χ2n) is 4.38. The lowest BCUT2D eigenvalue weighted by Gasteiger charge is -2.22. The molecule has 1 aromatic carbocycles. The molecule has 2 rings (SSSR count). The van der Waals surface area contributed by atoms with E-state index in [1.54, 1.807) is 13.3 Å². The van der Waals surface area contributed by atoms with E-state index in [1.807, 2.05) is 43.4 Å². The van der Waals surface area contributed by atoms with Crippen LogP contribution in [0.2, 0.25) is 0 Å². The van der Waals surface area contributed by atoms with Gasteiger partial charge in [-0.05, 0) is 23.8 Å². The number of benzene rings is 1. The fourth-order valence-electron chi connectivity index (χ4n) is 2.02. The molecule has 4 heteroatoms. The smallest absolute Gasteiger partial charge is 0.120 e. The fraction of sp³-hybridized carbons (Fsp3) is 0.267. The van der Waals surface area contributed by atoms with Gasteiger partial charge >= 0.3 is 0 Å². The zero-order valence-electron chi connectivity index (χ0n) is 11.3. The summed E-state index contributed by atoms with van der Waals surface area (Å²) < 4.78 is 5.27. The van der Waals surface area contributed by atoms with Crippen LogP contribution in [-0.2, 0) is 13.1 Å². The number of ether oxygens (including phenoxy) is 1. The summed E-state index contributed by atoms with van der Waals surface area (Å²) in [5, 5.41) is 0. The number of pyridine rings is 1. The largest absolute Gasteiger partial charge is 0.497 e. The van der Waals surface area contributed by atoms with Gasteiger partial charge in [-0.1, -0.05) is 12.1 Å². The van der Waals surface area contributed by atoms with Crippen molar-refractivity contribution in [2.75, 3.05) is 19.1 Å². The van der Waals surface area contributed by atoms with Gasteiger partial charge in [0, 0.05) is 31.5 Å². The van der Waals surface area contributed by atoms with Gasteiger partial charge in [-0.15, -0.1) is 0 Å². The summed E-state index contributed by atoms with van der Waals surface area (Å²) in [6, 6.07) is 11.9. The zero-order valence-corrected chi connectivity index (χ0v) is 11.3. The van der Waals surface area contributed by atoms with E-state index >= 15 is 0 Å². The number of aromatic nitrogens is 1. The summed E-state index contributed by atoms with van der Waals surface area (Å²) in [7, 11) is 3.70. The highest BCUT2D eigenvalue weighted by Gasteiger charge is 2.09. The molecule has 19 heavy (non-hydrogen) atoms. The third-order valence-corrected chi connectivity index (χ3v) is 3.05. The Balaban J connectivity index is 2.24. The maximum Gasteiger partial charge on any atom is 0.120 e. The van der Waals surface area contributed by atoms with Gasteiger partial charge in [0.05, 0.1) is 19.3 Å². The van der Waals surface area contributed by atoms with Gasteiger partial charge in [-0.3, -0.25) is 4.98 Å². The van der Waals surface area contributed by atoms with Gasteiger partial charge in [-0.25, -0.2) is 0 Å². The van der Waals surface area contributed by atoms with Crippen molar-refractivity contribution in [2.24, 2.45) is 5.73 Å². The SMILES string of the molecule is COc1ccc(CN)c(N(C)Cc2ccccn2)c1. The molecule has 0 amide bonds. The number of hydrogen-bond donors (Lipinski definition) is 1. The van der Waals surface area contributed by atoms with Crippen LogP contribution in [0.5, 0.6) is 5.75 Å². The van der Waals surface area contributed by atoms with Crippen LogP contribution in [0.25, 0.3) is 0 Å². The Morgan fingerprint density at radius 1 is 1.26 bits per heavy atom. The first-order valence-electron chi connectivity index (χ1n) is 6.22. The van der Waals surface area contributed by atoms with Crippen LogP contribution in [0, 0.1) is 0 Å². The quantitative estimate of drug-likeness (QED) is 0.892. The highest BCUT2D eigenvalue weighted by Crippen LogP contribution is 2.26. The Bertz CT molecular complexity index is 528. The minimum atomic E-state index is 0.506. The van der Waals surface area contributed by atoms with Gasteiger partial charge in [0.25, 0.3) is 0 Å². The van der Waals surface area contributed by atoms with E-state index in [2.05, 4.69) is 9.88 Å². The van der Waals surface area contributed by atoms with E-state index in [4.69, 9.17) is 10.5 Å². The second-order valence-corrected chi connectivity index (χ2v) is 4.38. The zero-order chi connectivity index (χ0) is 13.7. The van der Waals surface area contributed by atoms with Crippen LogP contribution in [0.15, 0.2) is 42.6 Å². The van der Waals surface area contributed by atoms with Crippen LogP contribution in [0.4, 0.5) is 5.69 Å². The summed E-state index contributed by atoms with van der Waals surface area (Å²) in [5.41, 5.74) is 8.99. The summed E-state index contributed by atoms with van der Waals surface area (Å²) >= 11 is 0. The van der Waals surface area contributed by atoms with Crippen molar-refractivity contribution in [3.05, 3.63) is 53.9 Å². The minimum Gasteiger partial charge on any atom is -0.497 e. The number of nitrogens with zero attached hydrogens (tertiary/aromatic N) is 2. The molecule has 1 heterocycles. The van der Waals surface area contributed by atoms with Gasteiger partial charge in [0.1, 0.15) is 5.75 Å². The molecular formula is C15H19N3O. The standard InChI is InChI=1S/C15H19N3O/c1-18(11-13-5-3-4-8-17-13)15-9-14(19-2)7-6-12(15)10-16/h3-9H,10-11,16H2,1-2H3. The predicted molar refractivity (Wildman–Crippen MR) is 77.2 cm³/mol. The summed E-state index contributed by atoms with van der Waals surface area (Å²) in [5.74, 6) is 0.833. The fourth-order valence-corrected chi connectivity index (χ4v) is 2.02. The molecule has 0 fully saturated rings. The molecule has 0 spiro atoms. The molecule has 0 aliphatic rings. The van der Waals surface area contributed by atoms with Crippen molar-refractivity contribution in [2.45, 2.75) is 13.1 Å². The summed E-state index contributed by atoms with van der Waals surface area (Å²) in [6.45, 7) is 1.24. The molecule has 0 aliphatic carbocycles. The summed E-state index contributed by atoms with van der Waals surface area (Å²) in [6.07, 6.45) is 1.80. The molecule has 100 valence electrons. The number of hydrogen-bond acceptors (Lipinski definition) is 4. The molecule has 0 saturated heterocycles. The molecule has 2 aromatic rings. The molecule has 0 atom stereocenters. The third-order valence-electron chi connectivity index (χ3n) is 3.05. The molecule has 0 bridgehead atoms. The Labute approximate surface area is 113 Å². The summed E-state index contributed by atoms with van der Waals surface area (Å²) in [4.78, 5) is 6.47. The van der Waals surface area contributed by atoms with Crippen LogP contribution in [0.3, 0.4) is 0 Å². The van der Waals surface area contributed by atoms with E-state index in [0.29, 0.717) is 6.54 Å². The van der Waals surface area contributed by atoms with Crippen LogP contribution < -0.4 is 15.4 Å². The Hall–Kier alpha value is -2.07. The third kappa shape index (κ3) is 3.23. The van der Waals surface area contributed by atoms with Crippen LogP contribution >= 0.6 is 0 Å². The monoisotopic (exact) mass is 257 g/mol. The maximum atomic E-state index is 5.79. The molecule has 0 unspecified atom stereocenters. The van der Waals surface area contributed by atoms with Gasteiger partial charge in [0.15, 0.2) is 0 Å². The first kappa shape index (κ1) is 13.4. The van der Waals surface area contributed by atoms with Crippen LogP contribution in [-0.4, -0.2) is 19.1 Å². The average molecular weight is 257 g/mol. The maximum absolute atomic E-state index is 5.79. The highest BCUT2D eigenvalue weighted by atomic mass is 16.5. The van der Waals surface area contributed by atoms with Crippen molar-refractivity contribution >= 4 is 5.69 Å². The first-order chi connectivity index (χ1) is 9.24. The number of nitrogens with two attached hydrogens (primary N) is 1. The molecule has 0 aliphatic heterocycles. The second kappa shape index (κ2) is 6.20. The van der Waals surface area contributed by atoms with Crippen molar-refractivity contribution < 1.29 is 4.74 Å². The molecular weight excluding hydrogens is 238 g/mol. The lowest BCUT2D eigenvalue weighted by Crippen LogP contribution is -2.19. The predicted octanol–water partition coefficient (Wildman–Crippen LogP) is 2.19. The van der Waals surface area contributed by atoms with E-state index in [1.165, 1.54) is 0 Å². The number of methoxy groups -OCH3 is 1. The van der Waals surface area contributed by atoms with Gasteiger partial charge in [0.2, 0.25) is 0 Å². The number of rotatable bonds is 5. The van der Waals surface area contributed by atoms with Crippen molar-refractivity contribution in [3.8, 4) is 5.75 Å². The van der Waals surface area contributed by atoms with Gasteiger partial charge < -0.3 is 15.4 Å². The van der Waals surface area contributed by atoms with Gasteiger partial charge in [-0.2, -0.15) is 0 Å². The molecule has 0 radical (unpaired) electrons. The average Bonchev–Trinajstić information content (AvgIpc) is 2.47. The van der Waals surface area contributed by atoms with Crippen molar-refractivity contribution in [1.82, 2.24) is 4.98 Å². The van der Waals surface area contributed by atoms with E-state index in [0.717, 1.165) is 29.2 Å².